The maximum Gasteiger partial charge on any atom is 0.339 e. The summed E-state index contributed by atoms with van der Waals surface area (Å²) in [5.74, 6) is -0.561. The standard InChI is InChI=1S/C14H11NO5/c1-9-8-10(6-7-12(9)15(18)19)20-13-5-3-2-4-11(13)14(16)17/h2-8H,1H3,(H,16,17). The van der Waals surface area contributed by atoms with Crippen LogP contribution in [0.4, 0.5) is 5.69 Å². The summed E-state index contributed by atoms with van der Waals surface area (Å²) in [5, 5.41) is 19.8. The van der Waals surface area contributed by atoms with Crippen molar-refractivity contribution in [2.75, 3.05) is 0 Å². The van der Waals surface area contributed by atoms with E-state index in [1.807, 2.05) is 0 Å². The number of carboxylic acids is 1. The largest absolute Gasteiger partial charge is 0.478 e. The van der Waals surface area contributed by atoms with Gasteiger partial charge in [-0.25, -0.2) is 4.79 Å². The zero-order chi connectivity index (χ0) is 14.7. The molecule has 0 aliphatic rings. The number of nitro groups is 1. The molecule has 2 aromatic rings. The predicted molar refractivity (Wildman–Crippen MR) is 71.3 cm³/mol. The molecule has 0 radical (unpaired) electrons. The van der Waals surface area contributed by atoms with Crippen molar-refractivity contribution in [3.63, 3.8) is 0 Å². The van der Waals surface area contributed by atoms with Gasteiger partial charge in [0.05, 0.1) is 4.92 Å². The Hall–Kier alpha value is -2.89. The van der Waals surface area contributed by atoms with Gasteiger partial charge in [0.1, 0.15) is 17.1 Å². The third kappa shape index (κ3) is 2.74. The summed E-state index contributed by atoms with van der Waals surface area (Å²) < 4.78 is 5.48. The van der Waals surface area contributed by atoms with Gasteiger partial charge in [0.2, 0.25) is 0 Å². The van der Waals surface area contributed by atoms with Crippen LogP contribution in [0.25, 0.3) is 0 Å². The molecule has 102 valence electrons. The van der Waals surface area contributed by atoms with Crippen LogP contribution in [0.1, 0.15) is 15.9 Å². The van der Waals surface area contributed by atoms with Gasteiger partial charge < -0.3 is 9.84 Å². The Labute approximate surface area is 114 Å². The number of carbonyl (C=O) groups is 1. The van der Waals surface area contributed by atoms with Crippen molar-refractivity contribution in [1.82, 2.24) is 0 Å². The number of nitrogens with zero attached hydrogens (tertiary/aromatic N) is 1. The number of ether oxygens (including phenoxy) is 1. The van der Waals surface area contributed by atoms with Gasteiger partial charge >= 0.3 is 5.97 Å². The Morgan fingerprint density at radius 2 is 1.95 bits per heavy atom. The average molecular weight is 273 g/mol. The first kappa shape index (κ1) is 13.5. The second-order valence-corrected chi connectivity index (χ2v) is 4.11. The molecule has 0 amide bonds. The molecule has 6 nitrogen and oxygen atoms in total. The van der Waals surface area contributed by atoms with Crippen molar-refractivity contribution in [2.45, 2.75) is 6.92 Å². The van der Waals surface area contributed by atoms with E-state index in [4.69, 9.17) is 9.84 Å². The van der Waals surface area contributed by atoms with Gasteiger partial charge in [0.15, 0.2) is 0 Å². The van der Waals surface area contributed by atoms with E-state index in [2.05, 4.69) is 0 Å². The number of hydrogen-bond acceptors (Lipinski definition) is 4. The van der Waals surface area contributed by atoms with Gasteiger partial charge in [-0.2, -0.15) is 0 Å². The van der Waals surface area contributed by atoms with Crippen molar-refractivity contribution >= 4 is 11.7 Å². The number of aromatic carboxylic acids is 1. The van der Waals surface area contributed by atoms with E-state index >= 15 is 0 Å². The van der Waals surface area contributed by atoms with Crippen molar-refractivity contribution in [2.24, 2.45) is 0 Å². The van der Waals surface area contributed by atoms with Gasteiger partial charge in [-0.15, -0.1) is 0 Å². The number of hydrogen-bond donors (Lipinski definition) is 1. The van der Waals surface area contributed by atoms with Gasteiger partial charge in [0.25, 0.3) is 5.69 Å². The van der Waals surface area contributed by atoms with E-state index in [1.54, 1.807) is 19.1 Å². The van der Waals surface area contributed by atoms with Gasteiger partial charge in [-0.3, -0.25) is 10.1 Å². The molecular formula is C14H11NO5. The lowest BCUT2D eigenvalue weighted by molar-refractivity contribution is -0.385. The number of nitro benzene ring substituents is 1. The summed E-state index contributed by atoms with van der Waals surface area (Å²) in [6.45, 7) is 1.59. The molecular weight excluding hydrogens is 262 g/mol. The highest BCUT2D eigenvalue weighted by molar-refractivity contribution is 5.90. The minimum absolute atomic E-state index is 0.0103. The quantitative estimate of drug-likeness (QED) is 0.681. The van der Waals surface area contributed by atoms with E-state index in [-0.39, 0.29) is 17.0 Å². The Balaban J connectivity index is 2.34. The van der Waals surface area contributed by atoms with E-state index < -0.39 is 10.9 Å². The highest BCUT2D eigenvalue weighted by Crippen LogP contribution is 2.29. The molecule has 0 aliphatic heterocycles. The number of carboxylic acid groups (broad SMARTS) is 1. The minimum atomic E-state index is -1.10. The number of aryl methyl sites for hydroxylation is 1. The summed E-state index contributed by atoms with van der Waals surface area (Å²) in [7, 11) is 0. The lowest BCUT2D eigenvalue weighted by atomic mass is 10.2. The molecule has 2 rings (SSSR count). The maximum atomic E-state index is 11.1. The number of benzene rings is 2. The van der Waals surface area contributed by atoms with E-state index in [9.17, 15) is 14.9 Å². The van der Waals surface area contributed by atoms with Crippen LogP contribution in [0.15, 0.2) is 42.5 Å². The van der Waals surface area contributed by atoms with Crippen molar-refractivity contribution in [3.8, 4) is 11.5 Å². The molecule has 0 fully saturated rings. The molecule has 0 saturated carbocycles. The summed E-state index contributed by atoms with van der Waals surface area (Å²) in [6, 6.07) is 10.5. The Kier molecular flexibility index (Phi) is 3.65. The second-order valence-electron chi connectivity index (χ2n) is 4.11. The third-order valence-corrected chi connectivity index (χ3v) is 2.71. The smallest absolute Gasteiger partial charge is 0.339 e. The van der Waals surface area contributed by atoms with Crippen LogP contribution >= 0.6 is 0 Å². The molecule has 2 aromatic carbocycles. The molecule has 6 heteroatoms. The van der Waals surface area contributed by atoms with Crippen LogP contribution in [0.2, 0.25) is 0 Å². The normalized spacial score (nSPS) is 10.1. The van der Waals surface area contributed by atoms with E-state index in [0.717, 1.165) is 0 Å². The average Bonchev–Trinajstić information content (AvgIpc) is 2.38. The number of para-hydroxylation sites is 1. The fraction of sp³-hybridized carbons (Fsp3) is 0.0714. The van der Waals surface area contributed by atoms with Crippen LogP contribution in [-0.2, 0) is 0 Å². The molecule has 0 bridgehead atoms. The lowest BCUT2D eigenvalue weighted by Crippen LogP contribution is -2.00. The maximum absolute atomic E-state index is 11.1. The third-order valence-electron chi connectivity index (χ3n) is 2.71. The summed E-state index contributed by atoms with van der Waals surface area (Å²) in [4.78, 5) is 21.3. The first-order valence-corrected chi connectivity index (χ1v) is 5.74. The molecule has 0 atom stereocenters. The van der Waals surface area contributed by atoms with Gasteiger partial charge in [0, 0.05) is 11.6 Å². The molecule has 0 saturated heterocycles. The van der Waals surface area contributed by atoms with Crippen LogP contribution in [0.3, 0.4) is 0 Å². The number of rotatable bonds is 4. The Morgan fingerprint density at radius 3 is 2.55 bits per heavy atom. The Morgan fingerprint density at radius 1 is 1.25 bits per heavy atom. The molecule has 20 heavy (non-hydrogen) atoms. The Bertz CT molecular complexity index is 681. The SMILES string of the molecule is Cc1cc(Oc2ccccc2C(=O)O)ccc1[N+](=O)[O-]. The molecule has 0 heterocycles. The summed E-state index contributed by atoms with van der Waals surface area (Å²) >= 11 is 0. The van der Waals surface area contributed by atoms with Crippen LogP contribution < -0.4 is 4.74 Å². The van der Waals surface area contributed by atoms with Crippen LogP contribution in [0.5, 0.6) is 11.5 Å². The summed E-state index contributed by atoms with van der Waals surface area (Å²) in [5.41, 5.74) is 0.465. The van der Waals surface area contributed by atoms with Crippen LogP contribution in [0, 0.1) is 17.0 Å². The zero-order valence-corrected chi connectivity index (χ0v) is 10.6. The monoisotopic (exact) mass is 273 g/mol. The highest BCUT2D eigenvalue weighted by Gasteiger charge is 2.14. The highest BCUT2D eigenvalue weighted by atomic mass is 16.6. The fourth-order valence-electron chi connectivity index (χ4n) is 1.76. The summed E-state index contributed by atoms with van der Waals surface area (Å²) in [6.07, 6.45) is 0. The first-order chi connectivity index (χ1) is 9.49. The molecule has 0 aliphatic carbocycles. The molecule has 0 unspecified atom stereocenters. The van der Waals surface area contributed by atoms with Crippen molar-refractivity contribution < 1.29 is 19.6 Å². The van der Waals surface area contributed by atoms with E-state index in [0.29, 0.717) is 11.3 Å². The molecule has 0 aromatic heterocycles. The fourth-order valence-corrected chi connectivity index (χ4v) is 1.76. The zero-order valence-electron chi connectivity index (χ0n) is 10.6. The van der Waals surface area contributed by atoms with E-state index in [1.165, 1.54) is 30.3 Å². The van der Waals surface area contributed by atoms with Crippen LogP contribution in [-0.4, -0.2) is 16.0 Å². The van der Waals surface area contributed by atoms with Gasteiger partial charge in [-0.1, -0.05) is 12.1 Å². The van der Waals surface area contributed by atoms with Crippen molar-refractivity contribution in [3.05, 3.63) is 63.7 Å². The lowest BCUT2D eigenvalue weighted by Gasteiger charge is -2.09. The predicted octanol–water partition coefficient (Wildman–Crippen LogP) is 3.39. The minimum Gasteiger partial charge on any atom is -0.478 e. The molecule has 0 spiro atoms. The second kappa shape index (κ2) is 5.40. The first-order valence-electron chi connectivity index (χ1n) is 5.74. The molecule has 1 N–H and O–H groups in total. The van der Waals surface area contributed by atoms with Gasteiger partial charge in [-0.05, 0) is 31.2 Å². The topological polar surface area (TPSA) is 89.7 Å². The van der Waals surface area contributed by atoms with Crippen molar-refractivity contribution in [1.29, 1.82) is 0 Å².